The number of hydrogen-bond donors (Lipinski definition) is 2. The van der Waals surface area contributed by atoms with Gasteiger partial charge in [-0.1, -0.05) is 12.1 Å². The maximum atomic E-state index is 14.4. The summed E-state index contributed by atoms with van der Waals surface area (Å²) >= 11 is 0. The molecule has 0 bridgehead atoms. The molecule has 0 saturated heterocycles. The molecule has 6 rings (SSSR count). The normalized spacial score (nSPS) is 13.9. The van der Waals surface area contributed by atoms with Gasteiger partial charge in [0, 0.05) is 23.9 Å². The quantitative estimate of drug-likeness (QED) is 0.300. The minimum absolute atomic E-state index is 0.0679. The zero-order chi connectivity index (χ0) is 27.3. The number of aromatic nitrogens is 5. The number of fused-ring (bicyclic) bond motifs is 3. The van der Waals surface area contributed by atoms with Crippen LogP contribution < -0.4 is 10.1 Å². The van der Waals surface area contributed by atoms with Gasteiger partial charge in [0.25, 0.3) is 6.01 Å². The van der Waals surface area contributed by atoms with E-state index >= 15 is 0 Å². The van der Waals surface area contributed by atoms with Crippen LogP contribution in [-0.2, 0) is 12.0 Å². The number of hydrogen-bond acceptors (Lipinski definition) is 7. The smallest absolute Gasteiger partial charge is 0.299 e. The van der Waals surface area contributed by atoms with Crippen LogP contribution in [0.5, 0.6) is 11.8 Å². The van der Waals surface area contributed by atoms with Crippen LogP contribution in [0.1, 0.15) is 19.4 Å². The van der Waals surface area contributed by atoms with E-state index in [-0.39, 0.29) is 22.7 Å². The standard InChI is InChI=1S/C28H23F3N6O2/c1-28(2)14-39-27-34-23-25(35-24(36-26(23)37(27)28)16-11-17(29)13-32-12-16)33-9-8-15-6-7-21(38)18(10-15)22-19(30)4-3-5-20(22)31/h3-7,10-13,38H,8-9,14H2,1-2H3,(H,33,35,36). The average molecular weight is 533 g/mol. The summed E-state index contributed by atoms with van der Waals surface area (Å²) in [4.78, 5) is 17.8. The van der Waals surface area contributed by atoms with Crippen molar-refractivity contribution in [3.05, 3.63) is 77.9 Å². The van der Waals surface area contributed by atoms with E-state index in [0.717, 1.165) is 23.9 Å². The Morgan fingerprint density at radius 2 is 1.82 bits per heavy atom. The largest absolute Gasteiger partial charge is 0.507 e. The number of phenolic OH excluding ortho intramolecular Hbond substituents is 1. The highest BCUT2D eigenvalue weighted by Gasteiger charge is 2.36. The molecule has 39 heavy (non-hydrogen) atoms. The number of benzene rings is 2. The van der Waals surface area contributed by atoms with Crippen molar-refractivity contribution in [3.8, 4) is 34.3 Å². The van der Waals surface area contributed by atoms with Crippen molar-refractivity contribution in [3.63, 3.8) is 0 Å². The van der Waals surface area contributed by atoms with Crippen LogP contribution >= 0.6 is 0 Å². The summed E-state index contributed by atoms with van der Waals surface area (Å²) in [6.45, 7) is 4.80. The van der Waals surface area contributed by atoms with Crippen molar-refractivity contribution >= 4 is 17.0 Å². The Morgan fingerprint density at radius 3 is 2.59 bits per heavy atom. The van der Waals surface area contributed by atoms with Crippen LogP contribution in [0.2, 0.25) is 0 Å². The minimum Gasteiger partial charge on any atom is -0.507 e. The highest BCUT2D eigenvalue weighted by atomic mass is 19.1. The lowest BCUT2D eigenvalue weighted by atomic mass is 9.99. The Labute approximate surface area is 221 Å². The predicted molar refractivity (Wildman–Crippen MR) is 139 cm³/mol. The molecular formula is C28H23F3N6O2. The molecule has 8 nitrogen and oxygen atoms in total. The van der Waals surface area contributed by atoms with Crippen molar-refractivity contribution in [2.75, 3.05) is 18.5 Å². The van der Waals surface area contributed by atoms with Gasteiger partial charge in [-0.2, -0.15) is 4.98 Å². The lowest BCUT2D eigenvalue weighted by molar-refractivity contribution is 0.268. The summed E-state index contributed by atoms with van der Waals surface area (Å²) in [7, 11) is 0. The Hall–Kier alpha value is -4.67. The number of pyridine rings is 1. The number of anilines is 1. The lowest BCUT2D eigenvalue weighted by Gasteiger charge is -2.18. The molecule has 0 fully saturated rings. The van der Waals surface area contributed by atoms with E-state index in [4.69, 9.17) is 4.74 Å². The Balaban J connectivity index is 1.34. The zero-order valence-corrected chi connectivity index (χ0v) is 21.0. The van der Waals surface area contributed by atoms with Crippen molar-refractivity contribution in [2.45, 2.75) is 25.8 Å². The molecular weight excluding hydrogens is 509 g/mol. The molecule has 0 amide bonds. The molecule has 0 atom stereocenters. The van der Waals surface area contributed by atoms with Crippen LogP contribution in [-0.4, -0.2) is 42.8 Å². The number of nitrogens with zero attached hydrogens (tertiary/aromatic N) is 5. The van der Waals surface area contributed by atoms with E-state index in [9.17, 15) is 18.3 Å². The van der Waals surface area contributed by atoms with E-state index in [1.165, 1.54) is 24.4 Å². The first-order chi connectivity index (χ1) is 18.7. The van der Waals surface area contributed by atoms with E-state index in [1.54, 1.807) is 12.1 Å². The summed E-state index contributed by atoms with van der Waals surface area (Å²) in [5.74, 6) is -1.58. The molecule has 198 valence electrons. The molecule has 2 N–H and O–H groups in total. The van der Waals surface area contributed by atoms with E-state index in [1.807, 2.05) is 18.4 Å². The summed E-state index contributed by atoms with van der Waals surface area (Å²) in [5, 5.41) is 13.6. The molecule has 1 aliphatic heterocycles. The molecule has 5 aromatic rings. The van der Waals surface area contributed by atoms with Gasteiger partial charge in [0.15, 0.2) is 22.8 Å². The van der Waals surface area contributed by atoms with Gasteiger partial charge in [-0.3, -0.25) is 9.55 Å². The monoisotopic (exact) mass is 532 g/mol. The van der Waals surface area contributed by atoms with Gasteiger partial charge in [-0.15, -0.1) is 0 Å². The molecule has 0 radical (unpaired) electrons. The van der Waals surface area contributed by atoms with Gasteiger partial charge in [-0.05, 0) is 56.2 Å². The fraction of sp³-hybridized carbons (Fsp3) is 0.214. The molecule has 0 saturated carbocycles. The second-order valence-corrected chi connectivity index (χ2v) is 9.92. The Morgan fingerprint density at radius 1 is 1.03 bits per heavy atom. The van der Waals surface area contributed by atoms with Gasteiger partial charge >= 0.3 is 0 Å². The molecule has 4 heterocycles. The van der Waals surface area contributed by atoms with Gasteiger partial charge in [0.2, 0.25) is 0 Å². The van der Waals surface area contributed by atoms with Crippen molar-refractivity contribution in [1.29, 1.82) is 0 Å². The van der Waals surface area contributed by atoms with Gasteiger partial charge in [0.05, 0.1) is 17.3 Å². The van der Waals surface area contributed by atoms with E-state index in [2.05, 4.69) is 25.3 Å². The first kappa shape index (κ1) is 24.7. The van der Waals surface area contributed by atoms with Gasteiger partial charge < -0.3 is 15.2 Å². The molecule has 0 spiro atoms. The first-order valence-corrected chi connectivity index (χ1v) is 12.3. The molecule has 3 aromatic heterocycles. The zero-order valence-electron chi connectivity index (χ0n) is 21.0. The summed E-state index contributed by atoms with van der Waals surface area (Å²) in [5.41, 5.74) is 1.54. The second kappa shape index (κ2) is 9.26. The van der Waals surface area contributed by atoms with Crippen LogP contribution in [0.25, 0.3) is 33.7 Å². The summed E-state index contributed by atoms with van der Waals surface area (Å²) < 4.78 is 50.3. The average Bonchev–Trinajstić information content (AvgIpc) is 3.42. The van der Waals surface area contributed by atoms with E-state index < -0.39 is 23.0 Å². The number of aromatic hydroxyl groups is 1. The van der Waals surface area contributed by atoms with Crippen LogP contribution in [0, 0.1) is 17.5 Å². The summed E-state index contributed by atoms with van der Waals surface area (Å²) in [6, 6.07) is 9.93. The third-order valence-corrected chi connectivity index (χ3v) is 6.60. The second-order valence-electron chi connectivity index (χ2n) is 9.92. The highest BCUT2D eigenvalue weighted by Crippen LogP contribution is 2.37. The molecule has 0 unspecified atom stereocenters. The van der Waals surface area contributed by atoms with Crippen LogP contribution in [0.3, 0.4) is 0 Å². The maximum absolute atomic E-state index is 14.4. The van der Waals surface area contributed by atoms with Crippen molar-refractivity contribution in [2.24, 2.45) is 0 Å². The highest BCUT2D eigenvalue weighted by molar-refractivity contribution is 5.86. The van der Waals surface area contributed by atoms with Crippen LogP contribution in [0.4, 0.5) is 19.0 Å². The van der Waals surface area contributed by atoms with Crippen LogP contribution in [0.15, 0.2) is 54.9 Å². The SMILES string of the molecule is CC1(C)COc2nc3c(NCCc4ccc(O)c(-c5c(F)cccc5F)c4)nc(-c4cncc(F)c4)nc3n21. The maximum Gasteiger partial charge on any atom is 0.299 e. The molecule has 2 aromatic carbocycles. The lowest BCUT2D eigenvalue weighted by Crippen LogP contribution is -2.25. The van der Waals surface area contributed by atoms with Gasteiger partial charge in [0.1, 0.15) is 29.8 Å². The number of phenols is 1. The minimum atomic E-state index is -0.763. The number of ether oxygens (including phenoxy) is 1. The molecule has 1 aliphatic rings. The predicted octanol–water partition coefficient (Wildman–Crippen LogP) is 5.46. The van der Waals surface area contributed by atoms with Crippen molar-refractivity contribution < 1.29 is 23.0 Å². The third kappa shape index (κ3) is 4.39. The number of imidazole rings is 1. The number of nitrogens with one attached hydrogen (secondary N) is 1. The Kier molecular flexibility index (Phi) is 5.86. The van der Waals surface area contributed by atoms with Crippen molar-refractivity contribution in [1.82, 2.24) is 24.5 Å². The number of halogens is 3. The van der Waals surface area contributed by atoms with Gasteiger partial charge in [-0.25, -0.2) is 23.1 Å². The molecule has 11 heteroatoms. The third-order valence-electron chi connectivity index (χ3n) is 6.60. The first-order valence-electron chi connectivity index (χ1n) is 12.3. The number of rotatable bonds is 6. The van der Waals surface area contributed by atoms with E-state index in [0.29, 0.717) is 48.1 Å². The summed E-state index contributed by atoms with van der Waals surface area (Å²) in [6.07, 6.45) is 3.02. The fourth-order valence-corrected chi connectivity index (χ4v) is 4.69. The molecule has 0 aliphatic carbocycles. The Bertz CT molecular complexity index is 1720. The topological polar surface area (TPSA) is 98.0 Å². The fourth-order valence-electron chi connectivity index (χ4n) is 4.69.